The summed E-state index contributed by atoms with van der Waals surface area (Å²) in [6, 6.07) is 7.71. The lowest BCUT2D eigenvalue weighted by atomic mass is 9.85. The Balaban J connectivity index is 1.41. The second kappa shape index (κ2) is 10.3. The van der Waals surface area contributed by atoms with E-state index in [-0.39, 0.29) is 29.8 Å². The highest BCUT2D eigenvalue weighted by atomic mass is 16.5. The summed E-state index contributed by atoms with van der Waals surface area (Å²) in [5.74, 6) is -1.31. The molecule has 0 bridgehead atoms. The zero-order chi connectivity index (χ0) is 24.9. The molecular weight excluding hydrogens is 454 g/mol. The summed E-state index contributed by atoms with van der Waals surface area (Å²) in [6.45, 7) is 2.03. The zero-order valence-corrected chi connectivity index (χ0v) is 19.1. The van der Waals surface area contributed by atoms with Crippen LogP contribution in [0, 0.1) is 5.92 Å². The molecule has 11 nitrogen and oxygen atoms in total. The summed E-state index contributed by atoms with van der Waals surface area (Å²) in [7, 11) is 0. The first-order valence-corrected chi connectivity index (χ1v) is 11.3. The van der Waals surface area contributed by atoms with Crippen molar-refractivity contribution >= 4 is 35.3 Å². The monoisotopic (exact) mass is 479 g/mol. The van der Waals surface area contributed by atoms with E-state index in [1.807, 2.05) is 22.8 Å². The Bertz CT molecular complexity index is 1120. The maximum Gasteiger partial charge on any atom is 0.328 e. The Morgan fingerprint density at radius 1 is 1.06 bits per heavy atom. The SMILES string of the molecule is CCC(=O)N(c1ccc(Oc2ccc(CNC(=O)C3CCC3)cc2)nc1)C1C(=O)NC(=O)NC1=O. The molecule has 2 aromatic rings. The molecule has 2 fully saturated rings. The third kappa shape index (κ3) is 5.45. The third-order valence-electron chi connectivity index (χ3n) is 5.89. The van der Waals surface area contributed by atoms with Crippen molar-refractivity contribution in [3.8, 4) is 11.6 Å². The van der Waals surface area contributed by atoms with Gasteiger partial charge in [0.2, 0.25) is 17.7 Å². The van der Waals surface area contributed by atoms with Crippen molar-refractivity contribution in [1.29, 1.82) is 0 Å². The second-order valence-electron chi connectivity index (χ2n) is 8.27. The first-order chi connectivity index (χ1) is 16.9. The second-order valence-corrected chi connectivity index (χ2v) is 8.27. The minimum Gasteiger partial charge on any atom is -0.439 e. The van der Waals surface area contributed by atoms with E-state index in [0.29, 0.717) is 12.3 Å². The molecule has 4 rings (SSSR count). The Hall–Kier alpha value is -4.28. The summed E-state index contributed by atoms with van der Waals surface area (Å²) in [5.41, 5.74) is 1.14. The Kier molecular flexibility index (Phi) is 7.04. The van der Waals surface area contributed by atoms with Crippen LogP contribution >= 0.6 is 0 Å². The summed E-state index contributed by atoms with van der Waals surface area (Å²) >= 11 is 0. The van der Waals surface area contributed by atoms with E-state index in [2.05, 4.69) is 10.3 Å². The van der Waals surface area contributed by atoms with Crippen LogP contribution in [0.15, 0.2) is 42.6 Å². The van der Waals surface area contributed by atoms with Gasteiger partial charge in [-0.05, 0) is 36.6 Å². The van der Waals surface area contributed by atoms with Gasteiger partial charge in [0.25, 0.3) is 11.8 Å². The van der Waals surface area contributed by atoms with Gasteiger partial charge in [-0.15, -0.1) is 0 Å². The number of imide groups is 2. The van der Waals surface area contributed by atoms with Crippen LogP contribution in [-0.4, -0.2) is 40.7 Å². The van der Waals surface area contributed by atoms with Crippen molar-refractivity contribution in [1.82, 2.24) is 20.9 Å². The Morgan fingerprint density at radius 2 is 1.74 bits per heavy atom. The van der Waals surface area contributed by atoms with Gasteiger partial charge in [0.05, 0.1) is 11.9 Å². The van der Waals surface area contributed by atoms with Gasteiger partial charge in [-0.1, -0.05) is 25.5 Å². The smallest absolute Gasteiger partial charge is 0.328 e. The molecule has 0 atom stereocenters. The maximum absolute atomic E-state index is 12.5. The number of benzene rings is 1. The van der Waals surface area contributed by atoms with Crippen molar-refractivity contribution in [2.45, 2.75) is 45.2 Å². The van der Waals surface area contributed by atoms with Crippen LogP contribution in [0.5, 0.6) is 11.6 Å². The van der Waals surface area contributed by atoms with Crippen LogP contribution in [0.2, 0.25) is 0 Å². The van der Waals surface area contributed by atoms with Crippen molar-refractivity contribution in [2.75, 3.05) is 4.90 Å². The molecule has 1 aliphatic heterocycles. The predicted octanol–water partition coefficient (Wildman–Crippen LogP) is 1.77. The highest BCUT2D eigenvalue weighted by Gasteiger charge is 2.41. The lowest BCUT2D eigenvalue weighted by molar-refractivity contribution is -0.134. The molecule has 2 heterocycles. The number of rotatable bonds is 8. The van der Waals surface area contributed by atoms with E-state index < -0.39 is 29.8 Å². The van der Waals surface area contributed by atoms with E-state index in [0.717, 1.165) is 29.7 Å². The van der Waals surface area contributed by atoms with Gasteiger partial charge >= 0.3 is 6.03 Å². The number of hydrogen-bond donors (Lipinski definition) is 3. The molecule has 2 aliphatic rings. The van der Waals surface area contributed by atoms with Crippen molar-refractivity contribution in [2.24, 2.45) is 5.92 Å². The highest BCUT2D eigenvalue weighted by Crippen LogP contribution is 2.27. The molecule has 11 heteroatoms. The molecule has 6 amide bonds. The van der Waals surface area contributed by atoms with E-state index in [9.17, 15) is 24.0 Å². The standard InChI is InChI=1S/C24H25N5O6/c1-2-19(30)29(20-22(32)27-24(34)28-23(20)33)16-8-11-18(25-13-16)35-17-9-6-14(7-10-17)12-26-21(31)15-4-3-5-15/h6-11,13,15,20H,2-5,12H2,1H3,(H,26,31)(H2,27,28,32,33,34). The van der Waals surface area contributed by atoms with Crippen LogP contribution in [0.1, 0.15) is 38.2 Å². The number of nitrogens with zero attached hydrogens (tertiary/aromatic N) is 2. The molecule has 1 aliphatic carbocycles. The fourth-order valence-electron chi connectivity index (χ4n) is 3.73. The van der Waals surface area contributed by atoms with Gasteiger partial charge in [0.1, 0.15) is 5.75 Å². The van der Waals surface area contributed by atoms with Gasteiger partial charge in [-0.2, -0.15) is 0 Å². The molecule has 0 spiro atoms. The number of anilines is 1. The van der Waals surface area contributed by atoms with Gasteiger partial charge in [-0.3, -0.25) is 34.7 Å². The van der Waals surface area contributed by atoms with Gasteiger partial charge in [-0.25, -0.2) is 9.78 Å². The van der Waals surface area contributed by atoms with Crippen LogP contribution < -0.4 is 25.6 Å². The van der Waals surface area contributed by atoms with Crippen LogP contribution in [0.25, 0.3) is 0 Å². The van der Waals surface area contributed by atoms with Crippen LogP contribution in [-0.2, 0) is 25.7 Å². The largest absolute Gasteiger partial charge is 0.439 e. The number of amides is 6. The molecule has 0 radical (unpaired) electrons. The van der Waals surface area contributed by atoms with Crippen molar-refractivity contribution < 1.29 is 28.7 Å². The molecule has 1 aromatic carbocycles. The number of ether oxygens (including phenoxy) is 1. The molecule has 1 saturated heterocycles. The number of aromatic nitrogens is 1. The van der Waals surface area contributed by atoms with E-state index >= 15 is 0 Å². The number of pyridine rings is 1. The normalized spacial score (nSPS) is 16.1. The number of urea groups is 1. The number of carbonyl (C=O) groups excluding carboxylic acids is 5. The minimum atomic E-state index is -1.54. The summed E-state index contributed by atoms with van der Waals surface area (Å²) in [6.07, 6.45) is 4.35. The zero-order valence-electron chi connectivity index (χ0n) is 19.1. The fraction of sp³-hybridized carbons (Fsp3) is 0.333. The topological polar surface area (TPSA) is 147 Å². The summed E-state index contributed by atoms with van der Waals surface area (Å²) < 4.78 is 5.74. The molecule has 1 aromatic heterocycles. The Morgan fingerprint density at radius 3 is 2.29 bits per heavy atom. The molecule has 182 valence electrons. The van der Waals surface area contributed by atoms with Crippen molar-refractivity contribution in [3.05, 3.63) is 48.2 Å². The van der Waals surface area contributed by atoms with E-state index in [4.69, 9.17) is 4.74 Å². The Labute approximate surface area is 201 Å². The van der Waals surface area contributed by atoms with Gasteiger partial charge in [0, 0.05) is 24.9 Å². The molecule has 1 saturated carbocycles. The van der Waals surface area contributed by atoms with E-state index in [1.54, 1.807) is 19.1 Å². The maximum atomic E-state index is 12.5. The third-order valence-corrected chi connectivity index (χ3v) is 5.89. The van der Waals surface area contributed by atoms with Gasteiger partial charge in [0.15, 0.2) is 6.04 Å². The average Bonchev–Trinajstić information content (AvgIpc) is 2.80. The van der Waals surface area contributed by atoms with Crippen LogP contribution in [0.3, 0.4) is 0 Å². The predicted molar refractivity (Wildman–Crippen MR) is 123 cm³/mol. The lowest BCUT2D eigenvalue weighted by Gasteiger charge is -2.31. The lowest BCUT2D eigenvalue weighted by Crippen LogP contribution is -2.65. The summed E-state index contributed by atoms with van der Waals surface area (Å²) in [5, 5.41) is 6.92. The number of carbonyl (C=O) groups is 5. The molecular formula is C24H25N5O6. The fourth-order valence-corrected chi connectivity index (χ4v) is 3.73. The number of hydrogen-bond acceptors (Lipinski definition) is 7. The number of barbiturate groups is 1. The average molecular weight is 479 g/mol. The summed E-state index contributed by atoms with van der Waals surface area (Å²) in [4.78, 5) is 65.6. The first-order valence-electron chi connectivity index (χ1n) is 11.3. The molecule has 0 unspecified atom stereocenters. The number of nitrogens with one attached hydrogen (secondary N) is 3. The van der Waals surface area contributed by atoms with Gasteiger partial charge < -0.3 is 10.1 Å². The molecule has 35 heavy (non-hydrogen) atoms. The quantitative estimate of drug-likeness (QED) is 0.489. The first kappa shape index (κ1) is 23.9. The van der Waals surface area contributed by atoms with E-state index in [1.165, 1.54) is 18.3 Å². The molecule has 3 N–H and O–H groups in total. The highest BCUT2D eigenvalue weighted by molar-refractivity contribution is 6.23. The van der Waals surface area contributed by atoms with Crippen LogP contribution in [0.4, 0.5) is 10.5 Å². The minimum absolute atomic E-state index is 0.0245. The van der Waals surface area contributed by atoms with Crippen molar-refractivity contribution in [3.63, 3.8) is 0 Å².